The third kappa shape index (κ3) is 5.44. The van der Waals surface area contributed by atoms with Crippen molar-refractivity contribution >= 4 is 29.1 Å². The van der Waals surface area contributed by atoms with Gasteiger partial charge in [0.2, 0.25) is 5.91 Å². The first-order valence-corrected chi connectivity index (χ1v) is 10.1. The molecule has 2 aromatic carbocycles. The van der Waals surface area contributed by atoms with Gasteiger partial charge in [-0.2, -0.15) is 0 Å². The fourth-order valence-electron chi connectivity index (χ4n) is 3.39. The molecular formula is C22H24N4O5. The van der Waals surface area contributed by atoms with E-state index in [0.29, 0.717) is 24.3 Å². The van der Waals surface area contributed by atoms with Crippen LogP contribution in [0.2, 0.25) is 0 Å². The van der Waals surface area contributed by atoms with Crippen LogP contribution in [0, 0.1) is 10.1 Å². The molecule has 162 valence electrons. The summed E-state index contributed by atoms with van der Waals surface area (Å²) in [7, 11) is 0. The number of hydrogen-bond acceptors (Lipinski definition) is 5. The number of carbonyl (C=O) groups is 3. The maximum absolute atomic E-state index is 12.9. The molecule has 3 rings (SSSR count). The van der Waals surface area contributed by atoms with Crippen LogP contribution in [0.4, 0.5) is 11.4 Å². The molecule has 1 unspecified atom stereocenters. The van der Waals surface area contributed by atoms with E-state index in [1.165, 1.54) is 25.1 Å². The smallest absolute Gasteiger partial charge is 0.270 e. The summed E-state index contributed by atoms with van der Waals surface area (Å²) in [5, 5.41) is 16.1. The molecule has 1 aliphatic heterocycles. The monoisotopic (exact) mass is 424 g/mol. The maximum Gasteiger partial charge on any atom is 0.270 e. The van der Waals surface area contributed by atoms with Crippen LogP contribution < -0.4 is 10.6 Å². The van der Waals surface area contributed by atoms with Gasteiger partial charge in [0, 0.05) is 30.8 Å². The second-order valence-electron chi connectivity index (χ2n) is 7.39. The highest BCUT2D eigenvalue weighted by Crippen LogP contribution is 2.20. The lowest BCUT2D eigenvalue weighted by molar-refractivity contribution is -0.384. The van der Waals surface area contributed by atoms with E-state index in [1.807, 2.05) is 0 Å². The molecule has 1 atom stereocenters. The Bertz CT molecular complexity index is 1000. The van der Waals surface area contributed by atoms with Gasteiger partial charge in [0.15, 0.2) is 0 Å². The number of carbonyl (C=O) groups excluding carboxylic acids is 3. The molecule has 0 saturated carbocycles. The number of nitrogens with zero attached hydrogens (tertiary/aromatic N) is 2. The van der Waals surface area contributed by atoms with Crippen LogP contribution in [0.15, 0.2) is 48.5 Å². The van der Waals surface area contributed by atoms with Crippen molar-refractivity contribution in [3.63, 3.8) is 0 Å². The summed E-state index contributed by atoms with van der Waals surface area (Å²) in [4.78, 5) is 50.0. The fraction of sp³-hybridized carbons (Fsp3) is 0.318. The molecule has 9 nitrogen and oxygen atoms in total. The van der Waals surface area contributed by atoms with Gasteiger partial charge in [-0.3, -0.25) is 24.5 Å². The first kappa shape index (κ1) is 21.9. The molecule has 0 aliphatic carbocycles. The summed E-state index contributed by atoms with van der Waals surface area (Å²) in [6.07, 6.45) is 3.02. The molecular weight excluding hydrogens is 400 g/mol. The number of rotatable bonds is 6. The van der Waals surface area contributed by atoms with Crippen molar-refractivity contribution in [1.29, 1.82) is 0 Å². The number of amides is 3. The van der Waals surface area contributed by atoms with Gasteiger partial charge in [0.05, 0.1) is 16.2 Å². The number of hydrogen-bond donors (Lipinski definition) is 2. The van der Waals surface area contributed by atoms with Gasteiger partial charge >= 0.3 is 0 Å². The van der Waals surface area contributed by atoms with Gasteiger partial charge in [-0.15, -0.1) is 0 Å². The van der Waals surface area contributed by atoms with Crippen LogP contribution in [-0.4, -0.2) is 46.7 Å². The quantitative estimate of drug-likeness (QED) is 0.545. The second kappa shape index (κ2) is 9.84. The van der Waals surface area contributed by atoms with E-state index in [9.17, 15) is 24.5 Å². The van der Waals surface area contributed by atoms with E-state index in [2.05, 4.69) is 10.6 Å². The van der Waals surface area contributed by atoms with Crippen molar-refractivity contribution in [2.45, 2.75) is 32.2 Å². The van der Waals surface area contributed by atoms with Crippen LogP contribution in [0.3, 0.4) is 0 Å². The van der Waals surface area contributed by atoms with E-state index in [1.54, 1.807) is 29.2 Å². The standard InChI is InChI=1S/C22H24N4O5/c1-15(23-21(28)16-8-7-9-17(14-16)26(30)31)20(27)24-19-11-4-3-10-18(19)22(29)25-12-5-2-6-13-25/h3-4,7-11,14-15H,2,5-6,12-13H2,1H3,(H,23,28)(H,24,27). The molecule has 0 aromatic heterocycles. The predicted molar refractivity (Wildman–Crippen MR) is 115 cm³/mol. The lowest BCUT2D eigenvalue weighted by Gasteiger charge is -2.27. The Kier molecular flexibility index (Phi) is 6.96. The van der Waals surface area contributed by atoms with E-state index in [4.69, 9.17) is 0 Å². The van der Waals surface area contributed by atoms with Crippen LogP contribution in [0.1, 0.15) is 46.9 Å². The Morgan fingerprint density at radius 3 is 2.45 bits per heavy atom. The number of piperidine rings is 1. The minimum absolute atomic E-state index is 0.0783. The lowest BCUT2D eigenvalue weighted by Crippen LogP contribution is -2.42. The number of anilines is 1. The first-order valence-electron chi connectivity index (χ1n) is 10.1. The number of benzene rings is 2. The minimum Gasteiger partial charge on any atom is -0.341 e. The van der Waals surface area contributed by atoms with Crippen LogP contribution in [-0.2, 0) is 4.79 Å². The number of nitrogens with one attached hydrogen (secondary N) is 2. The molecule has 9 heteroatoms. The van der Waals surface area contributed by atoms with Crippen LogP contribution in [0.5, 0.6) is 0 Å². The van der Waals surface area contributed by atoms with Crippen molar-refractivity contribution in [3.05, 3.63) is 69.8 Å². The predicted octanol–water partition coefficient (Wildman–Crippen LogP) is 2.98. The molecule has 1 aliphatic rings. The van der Waals surface area contributed by atoms with Gasteiger partial charge in [-0.25, -0.2) is 0 Å². The van der Waals surface area contributed by atoms with Crippen molar-refractivity contribution in [1.82, 2.24) is 10.2 Å². The lowest BCUT2D eigenvalue weighted by atomic mass is 10.1. The number of non-ortho nitro benzene ring substituents is 1. The molecule has 1 fully saturated rings. The molecule has 0 radical (unpaired) electrons. The molecule has 2 aromatic rings. The Balaban J connectivity index is 1.67. The van der Waals surface area contributed by atoms with Crippen molar-refractivity contribution in [2.75, 3.05) is 18.4 Å². The Hall–Kier alpha value is -3.75. The summed E-state index contributed by atoms with van der Waals surface area (Å²) in [5.74, 6) is -1.24. The number of para-hydroxylation sites is 1. The molecule has 3 amide bonds. The molecule has 1 saturated heterocycles. The Labute approximate surface area is 179 Å². The zero-order valence-corrected chi connectivity index (χ0v) is 17.2. The van der Waals surface area contributed by atoms with Gasteiger partial charge in [0.1, 0.15) is 6.04 Å². The van der Waals surface area contributed by atoms with Crippen molar-refractivity contribution in [2.24, 2.45) is 0 Å². The summed E-state index contributed by atoms with van der Waals surface area (Å²) in [6, 6.07) is 11.1. The molecule has 1 heterocycles. The zero-order valence-electron chi connectivity index (χ0n) is 17.2. The van der Waals surface area contributed by atoms with Crippen molar-refractivity contribution < 1.29 is 19.3 Å². The second-order valence-corrected chi connectivity index (χ2v) is 7.39. The molecule has 2 N–H and O–H groups in total. The van der Waals surface area contributed by atoms with Gasteiger partial charge in [-0.1, -0.05) is 18.2 Å². The van der Waals surface area contributed by atoms with Gasteiger partial charge < -0.3 is 15.5 Å². The van der Waals surface area contributed by atoms with E-state index >= 15 is 0 Å². The first-order chi connectivity index (χ1) is 14.9. The highest BCUT2D eigenvalue weighted by atomic mass is 16.6. The average molecular weight is 424 g/mol. The zero-order chi connectivity index (χ0) is 22.4. The van der Waals surface area contributed by atoms with E-state index < -0.39 is 22.8 Å². The fourth-order valence-corrected chi connectivity index (χ4v) is 3.39. The van der Waals surface area contributed by atoms with Crippen LogP contribution >= 0.6 is 0 Å². The van der Waals surface area contributed by atoms with Crippen molar-refractivity contribution in [3.8, 4) is 0 Å². The molecule has 31 heavy (non-hydrogen) atoms. The summed E-state index contributed by atoms with van der Waals surface area (Å²) in [5.41, 5.74) is 0.638. The van der Waals surface area contributed by atoms with Gasteiger partial charge in [-0.05, 0) is 44.4 Å². The van der Waals surface area contributed by atoms with E-state index in [0.717, 1.165) is 25.3 Å². The maximum atomic E-state index is 12.9. The normalized spacial score (nSPS) is 14.4. The van der Waals surface area contributed by atoms with E-state index in [-0.39, 0.29) is 17.2 Å². The highest BCUT2D eigenvalue weighted by Gasteiger charge is 2.23. The summed E-state index contributed by atoms with van der Waals surface area (Å²) in [6.45, 7) is 2.88. The van der Waals surface area contributed by atoms with Crippen LogP contribution in [0.25, 0.3) is 0 Å². The third-order valence-corrected chi connectivity index (χ3v) is 5.12. The summed E-state index contributed by atoms with van der Waals surface area (Å²) < 4.78 is 0. The Morgan fingerprint density at radius 1 is 1.03 bits per heavy atom. The SMILES string of the molecule is CC(NC(=O)c1cccc([N+](=O)[O-])c1)C(=O)Nc1ccccc1C(=O)N1CCCCC1. The van der Waals surface area contributed by atoms with Gasteiger partial charge in [0.25, 0.3) is 17.5 Å². The number of likely N-dealkylation sites (tertiary alicyclic amines) is 1. The average Bonchev–Trinajstić information content (AvgIpc) is 2.79. The number of nitro groups is 1. The highest BCUT2D eigenvalue weighted by molar-refractivity contribution is 6.06. The largest absolute Gasteiger partial charge is 0.341 e. The Morgan fingerprint density at radius 2 is 1.74 bits per heavy atom. The topological polar surface area (TPSA) is 122 Å². The minimum atomic E-state index is -0.926. The summed E-state index contributed by atoms with van der Waals surface area (Å²) >= 11 is 0. The molecule has 0 bridgehead atoms. The third-order valence-electron chi connectivity index (χ3n) is 5.12. The number of nitro benzene ring substituents is 1. The molecule has 0 spiro atoms.